The molecule has 2 heterocycles. The number of nitrogens with zero attached hydrogens (tertiary/aromatic N) is 1. The van der Waals surface area contributed by atoms with Gasteiger partial charge in [-0.2, -0.15) is 0 Å². The first-order valence-corrected chi connectivity index (χ1v) is 7.92. The molecule has 2 aliphatic heterocycles. The van der Waals surface area contributed by atoms with Gasteiger partial charge in [0, 0.05) is 25.6 Å². The Balaban J connectivity index is 1.84. The number of hydrogen-bond acceptors (Lipinski definition) is 3. The van der Waals surface area contributed by atoms with Gasteiger partial charge in [-0.15, -0.1) is 0 Å². The van der Waals surface area contributed by atoms with Crippen LogP contribution in [0.4, 0.5) is 0 Å². The van der Waals surface area contributed by atoms with Gasteiger partial charge in [0.15, 0.2) is 0 Å². The Morgan fingerprint density at radius 3 is 2.74 bits per heavy atom. The van der Waals surface area contributed by atoms with E-state index >= 15 is 0 Å². The molecule has 4 heteroatoms. The Morgan fingerprint density at radius 1 is 1.32 bits per heavy atom. The van der Waals surface area contributed by atoms with Crippen LogP contribution < -0.4 is 11.1 Å². The SMILES string of the molecule is CC(CC(=O)N1CCCCC1CN)C1CCNCC1. The van der Waals surface area contributed by atoms with Crippen LogP contribution in [0.25, 0.3) is 0 Å². The van der Waals surface area contributed by atoms with Crippen molar-refractivity contribution < 1.29 is 4.79 Å². The number of rotatable bonds is 4. The van der Waals surface area contributed by atoms with Crippen LogP contribution in [-0.2, 0) is 4.79 Å². The van der Waals surface area contributed by atoms with Gasteiger partial charge in [0.1, 0.15) is 0 Å². The molecule has 0 saturated carbocycles. The number of hydrogen-bond donors (Lipinski definition) is 2. The van der Waals surface area contributed by atoms with E-state index in [4.69, 9.17) is 5.73 Å². The Labute approximate surface area is 117 Å². The molecule has 2 rings (SSSR count). The van der Waals surface area contributed by atoms with Crippen LogP contribution in [0.1, 0.15) is 45.4 Å². The van der Waals surface area contributed by atoms with Crippen LogP contribution in [0.5, 0.6) is 0 Å². The average Bonchev–Trinajstić information content (AvgIpc) is 2.48. The minimum atomic E-state index is 0.293. The van der Waals surface area contributed by atoms with E-state index in [0.29, 0.717) is 36.8 Å². The van der Waals surface area contributed by atoms with Crippen LogP contribution in [-0.4, -0.2) is 43.0 Å². The molecule has 2 fully saturated rings. The maximum absolute atomic E-state index is 12.5. The summed E-state index contributed by atoms with van der Waals surface area (Å²) in [4.78, 5) is 14.5. The molecule has 3 N–H and O–H groups in total. The van der Waals surface area contributed by atoms with Crippen LogP contribution in [0.2, 0.25) is 0 Å². The highest BCUT2D eigenvalue weighted by Gasteiger charge is 2.28. The fourth-order valence-corrected chi connectivity index (χ4v) is 3.55. The summed E-state index contributed by atoms with van der Waals surface area (Å²) < 4.78 is 0. The number of amides is 1. The van der Waals surface area contributed by atoms with Crippen molar-refractivity contribution in [3.05, 3.63) is 0 Å². The third kappa shape index (κ3) is 3.93. The smallest absolute Gasteiger partial charge is 0.223 e. The lowest BCUT2D eigenvalue weighted by atomic mass is 9.83. The lowest BCUT2D eigenvalue weighted by molar-refractivity contribution is -0.136. The number of likely N-dealkylation sites (tertiary alicyclic amines) is 1. The van der Waals surface area contributed by atoms with Gasteiger partial charge in [-0.05, 0) is 57.0 Å². The van der Waals surface area contributed by atoms with Crippen LogP contribution >= 0.6 is 0 Å². The molecule has 110 valence electrons. The number of nitrogens with two attached hydrogens (primary N) is 1. The molecule has 2 atom stereocenters. The summed E-state index contributed by atoms with van der Waals surface area (Å²) in [5.41, 5.74) is 5.80. The van der Waals surface area contributed by atoms with Gasteiger partial charge >= 0.3 is 0 Å². The predicted octanol–water partition coefficient (Wildman–Crippen LogP) is 1.35. The predicted molar refractivity (Wildman–Crippen MR) is 77.8 cm³/mol. The van der Waals surface area contributed by atoms with E-state index < -0.39 is 0 Å². The number of carbonyl (C=O) groups is 1. The largest absolute Gasteiger partial charge is 0.338 e. The molecule has 0 spiro atoms. The Bertz CT molecular complexity index is 289. The second-order valence-corrected chi connectivity index (χ2v) is 6.24. The fourth-order valence-electron chi connectivity index (χ4n) is 3.55. The summed E-state index contributed by atoms with van der Waals surface area (Å²) in [5.74, 6) is 1.56. The number of carbonyl (C=O) groups excluding carboxylic acids is 1. The lowest BCUT2D eigenvalue weighted by Crippen LogP contribution is -2.48. The van der Waals surface area contributed by atoms with E-state index in [1.165, 1.54) is 19.3 Å². The monoisotopic (exact) mass is 267 g/mol. The summed E-state index contributed by atoms with van der Waals surface area (Å²) in [7, 11) is 0. The second-order valence-electron chi connectivity index (χ2n) is 6.24. The number of nitrogens with one attached hydrogen (secondary N) is 1. The zero-order valence-corrected chi connectivity index (χ0v) is 12.2. The van der Waals surface area contributed by atoms with Crippen molar-refractivity contribution in [1.82, 2.24) is 10.2 Å². The third-order valence-electron chi connectivity index (χ3n) is 4.90. The standard InChI is InChI=1S/C15H29N3O/c1-12(13-5-7-17-8-6-13)10-15(19)18-9-3-2-4-14(18)11-16/h12-14,17H,2-11,16H2,1H3. The quantitative estimate of drug-likeness (QED) is 0.808. The molecule has 2 aliphatic rings. The van der Waals surface area contributed by atoms with Crippen molar-refractivity contribution in [2.45, 2.75) is 51.5 Å². The van der Waals surface area contributed by atoms with Crippen LogP contribution in [0.3, 0.4) is 0 Å². The molecule has 2 unspecified atom stereocenters. The molecular weight excluding hydrogens is 238 g/mol. The molecule has 0 bridgehead atoms. The van der Waals surface area contributed by atoms with Crippen molar-refractivity contribution in [1.29, 1.82) is 0 Å². The van der Waals surface area contributed by atoms with E-state index in [0.717, 1.165) is 32.5 Å². The molecule has 2 saturated heterocycles. The maximum Gasteiger partial charge on any atom is 0.223 e. The minimum Gasteiger partial charge on any atom is -0.338 e. The normalized spacial score (nSPS) is 27.3. The van der Waals surface area contributed by atoms with Crippen LogP contribution in [0.15, 0.2) is 0 Å². The zero-order valence-electron chi connectivity index (χ0n) is 12.2. The molecule has 19 heavy (non-hydrogen) atoms. The molecule has 0 aromatic heterocycles. The van der Waals surface area contributed by atoms with Gasteiger partial charge in [-0.1, -0.05) is 6.92 Å². The van der Waals surface area contributed by atoms with Gasteiger partial charge in [0.25, 0.3) is 0 Å². The first kappa shape index (κ1) is 14.8. The molecule has 0 aromatic carbocycles. The molecule has 1 amide bonds. The summed E-state index contributed by atoms with van der Waals surface area (Å²) in [6, 6.07) is 0.293. The van der Waals surface area contributed by atoms with Crippen LogP contribution in [0, 0.1) is 11.8 Å². The van der Waals surface area contributed by atoms with Crippen molar-refractivity contribution in [3.8, 4) is 0 Å². The van der Waals surface area contributed by atoms with Gasteiger partial charge in [0.05, 0.1) is 0 Å². The summed E-state index contributed by atoms with van der Waals surface area (Å²) in [6.07, 6.45) is 6.59. The first-order valence-electron chi connectivity index (χ1n) is 7.92. The van der Waals surface area contributed by atoms with Crippen molar-refractivity contribution >= 4 is 5.91 Å². The number of piperidine rings is 2. The second kappa shape index (κ2) is 7.25. The van der Waals surface area contributed by atoms with E-state index in [2.05, 4.69) is 17.1 Å². The van der Waals surface area contributed by atoms with E-state index in [1.807, 2.05) is 0 Å². The lowest BCUT2D eigenvalue weighted by Gasteiger charge is -2.37. The summed E-state index contributed by atoms with van der Waals surface area (Å²) in [6.45, 7) is 6.00. The topological polar surface area (TPSA) is 58.4 Å². The van der Waals surface area contributed by atoms with E-state index in [1.54, 1.807) is 0 Å². The van der Waals surface area contributed by atoms with Gasteiger partial charge in [-0.3, -0.25) is 4.79 Å². The molecule has 4 nitrogen and oxygen atoms in total. The fraction of sp³-hybridized carbons (Fsp3) is 0.933. The zero-order chi connectivity index (χ0) is 13.7. The molecule has 0 aromatic rings. The molecule has 0 radical (unpaired) electrons. The summed E-state index contributed by atoms with van der Waals surface area (Å²) in [5, 5.41) is 3.39. The van der Waals surface area contributed by atoms with Crippen molar-refractivity contribution in [2.75, 3.05) is 26.2 Å². The van der Waals surface area contributed by atoms with Crippen molar-refractivity contribution in [3.63, 3.8) is 0 Å². The molecule has 0 aliphatic carbocycles. The third-order valence-corrected chi connectivity index (χ3v) is 4.90. The Hall–Kier alpha value is -0.610. The highest BCUT2D eigenvalue weighted by Crippen LogP contribution is 2.26. The van der Waals surface area contributed by atoms with Gasteiger partial charge in [-0.25, -0.2) is 0 Å². The highest BCUT2D eigenvalue weighted by molar-refractivity contribution is 5.77. The first-order chi connectivity index (χ1) is 9.22. The molecular formula is C15H29N3O. The minimum absolute atomic E-state index is 0.293. The van der Waals surface area contributed by atoms with Gasteiger partial charge < -0.3 is 16.0 Å². The highest BCUT2D eigenvalue weighted by atomic mass is 16.2. The Morgan fingerprint density at radius 2 is 2.05 bits per heavy atom. The summed E-state index contributed by atoms with van der Waals surface area (Å²) >= 11 is 0. The average molecular weight is 267 g/mol. The van der Waals surface area contributed by atoms with E-state index in [9.17, 15) is 4.79 Å². The van der Waals surface area contributed by atoms with E-state index in [-0.39, 0.29) is 0 Å². The van der Waals surface area contributed by atoms with Gasteiger partial charge in [0.2, 0.25) is 5.91 Å². The Kier molecular flexibility index (Phi) is 5.64. The maximum atomic E-state index is 12.5. The van der Waals surface area contributed by atoms with Crippen molar-refractivity contribution in [2.24, 2.45) is 17.6 Å².